The van der Waals surface area contributed by atoms with Crippen molar-refractivity contribution in [2.45, 2.75) is 6.42 Å². The molecule has 122 valence electrons. The average molecular weight is 417 g/mol. The summed E-state index contributed by atoms with van der Waals surface area (Å²) >= 11 is 0. The van der Waals surface area contributed by atoms with Crippen LogP contribution in [0, 0.1) is 0 Å². The molecule has 0 aliphatic carbocycles. The molecule has 0 bridgehead atoms. The summed E-state index contributed by atoms with van der Waals surface area (Å²) in [5, 5.41) is 0. The van der Waals surface area contributed by atoms with E-state index in [2.05, 4.69) is 29.7 Å². The predicted octanol–water partition coefficient (Wildman–Crippen LogP) is 0.237. The molecule has 3 heterocycles. The Hall–Kier alpha value is -1.16. The highest BCUT2D eigenvalue weighted by Gasteiger charge is 2.20. The summed E-state index contributed by atoms with van der Waals surface area (Å²) in [5.41, 5.74) is 6.09. The van der Waals surface area contributed by atoms with Crippen molar-refractivity contribution in [2.24, 2.45) is 10.7 Å². The molecule has 3 rings (SSSR count). The van der Waals surface area contributed by atoms with Gasteiger partial charge in [-0.25, -0.2) is 9.97 Å². The van der Waals surface area contributed by atoms with Crippen LogP contribution in [0.2, 0.25) is 0 Å². The Kier molecular flexibility index (Phi) is 6.62. The van der Waals surface area contributed by atoms with Gasteiger partial charge in [0.25, 0.3) is 0 Å². The first-order chi connectivity index (χ1) is 10.3. The third-order valence-electron chi connectivity index (χ3n) is 4.08. The molecule has 7 nitrogen and oxygen atoms in total. The van der Waals surface area contributed by atoms with Gasteiger partial charge in [-0.1, -0.05) is 0 Å². The Morgan fingerprint density at radius 3 is 2.36 bits per heavy atom. The second-order valence-corrected chi connectivity index (χ2v) is 5.46. The molecule has 2 fully saturated rings. The van der Waals surface area contributed by atoms with E-state index >= 15 is 0 Å². The van der Waals surface area contributed by atoms with E-state index in [1.54, 1.807) is 12.4 Å². The van der Waals surface area contributed by atoms with Crippen LogP contribution in [-0.2, 0) is 0 Å². The van der Waals surface area contributed by atoms with Crippen molar-refractivity contribution in [3.8, 4) is 0 Å². The predicted molar refractivity (Wildman–Crippen MR) is 98.8 cm³/mol. The molecule has 2 saturated heterocycles. The van der Waals surface area contributed by atoms with E-state index < -0.39 is 0 Å². The van der Waals surface area contributed by atoms with Crippen LogP contribution in [0.25, 0.3) is 0 Å². The first kappa shape index (κ1) is 17.2. The molecule has 2 aliphatic rings. The monoisotopic (exact) mass is 417 g/mol. The molecule has 1 aromatic heterocycles. The summed E-state index contributed by atoms with van der Waals surface area (Å²) < 4.78 is 0. The fraction of sp³-hybridized carbons (Fsp3) is 0.643. The summed E-state index contributed by atoms with van der Waals surface area (Å²) in [4.78, 5) is 19.8. The second kappa shape index (κ2) is 8.47. The number of anilines is 1. The number of halogens is 1. The van der Waals surface area contributed by atoms with Crippen molar-refractivity contribution in [2.75, 3.05) is 57.3 Å². The van der Waals surface area contributed by atoms with Crippen molar-refractivity contribution < 1.29 is 0 Å². The van der Waals surface area contributed by atoms with Crippen molar-refractivity contribution in [3.05, 3.63) is 18.5 Å². The standard InChI is InChI=1S/C14H23N7.HI/c15-13(16-5-8-19-6-2-7-19)20-9-11-21(12-10-20)14-17-3-1-4-18-14;/h1,3-4H,2,5-12H2,(H2,15,16);1H. The number of hydrogen-bond donors (Lipinski definition) is 1. The maximum Gasteiger partial charge on any atom is 0.225 e. The Labute approximate surface area is 148 Å². The van der Waals surface area contributed by atoms with Crippen LogP contribution >= 0.6 is 24.0 Å². The maximum absolute atomic E-state index is 6.09. The lowest BCUT2D eigenvalue weighted by atomic mass is 10.2. The summed E-state index contributed by atoms with van der Waals surface area (Å²) in [6.45, 7) is 7.76. The number of aromatic nitrogens is 2. The molecule has 2 aliphatic heterocycles. The number of likely N-dealkylation sites (tertiary alicyclic amines) is 1. The molecule has 8 heteroatoms. The van der Waals surface area contributed by atoms with E-state index in [1.807, 2.05) is 6.07 Å². The first-order valence-corrected chi connectivity index (χ1v) is 7.62. The SMILES string of the molecule is I.NC(=NCCN1CCC1)N1CCN(c2ncccn2)CC1. The number of nitrogens with two attached hydrogens (primary N) is 1. The topological polar surface area (TPSA) is 73.9 Å². The van der Waals surface area contributed by atoms with E-state index in [0.29, 0.717) is 5.96 Å². The molecule has 0 amide bonds. The zero-order valence-corrected chi connectivity index (χ0v) is 15.1. The third-order valence-corrected chi connectivity index (χ3v) is 4.08. The van der Waals surface area contributed by atoms with Crippen molar-refractivity contribution in [1.82, 2.24) is 19.8 Å². The zero-order chi connectivity index (χ0) is 14.5. The van der Waals surface area contributed by atoms with Crippen molar-refractivity contribution in [3.63, 3.8) is 0 Å². The summed E-state index contributed by atoms with van der Waals surface area (Å²) in [6.07, 6.45) is 4.88. The minimum atomic E-state index is 0. The molecule has 0 atom stereocenters. The average Bonchev–Trinajstić information content (AvgIpc) is 2.50. The lowest BCUT2D eigenvalue weighted by molar-refractivity contribution is 0.187. The molecule has 0 spiro atoms. The van der Waals surface area contributed by atoms with Crippen molar-refractivity contribution >= 4 is 35.9 Å². The Bertz CT molecular complexity index is 469. The minimum absolute atomic E-state index is 0. The van der Waals surface area contributed by atoms with Crippen LogP contribution in [0.3, 0.4) is 0 Å². The van der Waals surface area contributed by atoms with Crippen LogP contribution in [0.4, 0.5) is 5.95 Å². The lowest BCUT2D eigenvalue weighted by Gasteiger charge is -2.35. The Morgan fingerprint density at radius 1 is 1.09 bits per heavy atom. The van der Waals surface area contributed by atoms with Gasteiger partial charge in [0.2, 0.25) is 5.95 Å². The van der Waals surface area contributed by atoms with Gasteiger partial charge in [0.05, 0.1) is 6.54 Å². The van der Waals surface area contributed by atoms with E-state index in [1.165, 1.54) is 19.5 Å². The van der Waals surface area contributed by atoms with Gasteiger partial charge in [-0.15, -0.1) is 24.0 Å². The van der Waals surface area contributed by atoms with Gasteiger partial charge in [0.15, 0.2) is 5.96 Å². The molecule has 0 aromatic carbocycles. The summed E-state index contributed by atoms with van der Waals surface area (Å²) in [7, 11) is 0. The van der Waals surface area contributed by atoms with E-state index in [9.17, 15) is 0 Å². The largest absolute Gasteiger partial charge is 0.370 e. The van der Waals surface area contributed by atoms with Crippen LogP contribution in [0.1, 0.15) is 6.42 Å². The quantitative estimate of drug-likeness (QED) is 0.430. The number of guanidine groups is 1. The van der Waals surface area contributed by atoms with Gasteiger partial charge in [-0.3, -0.25) is 4.99 Å². The van der Waals surface area contributed by atoms with Gasteiger partial charge < -0.3 is 20.4 Å². The number of hydrogen-bond acceptors (Lipinski definition) is 5. The number of nitrogens with zero attached hydrogens (tertiary/aromatic N) is 6. The highest BCUT2D eigenvalue weighted by Crippen LogP contribution is 2.09. The highest BCUT2D eigenvalue weighted by atomic mass is 127. The fourth-order valence-corrected chi connectivity index (χ4v) is 2.60. The van der Waals surface area contributed by atoms with Gasteiger partial charge in [-0.2, -0.15) is 0 Å². The maximum atomic E-state index is 6.09. The van der Waals surface area contributed by atoms with E-state index in [4.69, 9.17) is 5.73 Å². The Morgan fingerprint density at radius 2 is 1.77 bits per heavy atom. The van der Waals surface area contributed by atoms with Crippen LogP contribution < -0.4 is 10.6 Å². The number of piperazine rings is 1. The normalized spacial score (nSPS) is 19.5. The van der Waals surface area contributed by atoms with Gasteiger partial charge >= 0.3 is 0 Å². The molecule has 1 aromatic rings. The molecular formula is C14H24IN7. The van der Waals surface area contributed by atoms with Crippen molar-refractivity contribution in [1.29, 1.82) is 0 Å². The fourth-order valence-electron chi connectivity index (χ4n) is 2.60. The molecule has 0 saturated carbocycles. The molecular weight excluding hydrogens is 393 g/mol. The van der Waals surface area contributed by atoms with E-state index in [-0.39, 0.29) is 24.0 Å². The number of aliphatic imine (C=N–C) groups is 1. The third kappa shape index (κ3) is 4.42. The smallest absolute Gasteiger partial charge is 0.225 e. The second-order valence-electron chi connectivity index (χ2n) is 5.46. The summed E-state index contributed by atoms with van der Waals surface area (Å²) in [5.74, 6) is 1.47. The summed E-state index contributed by atoms with van der Waals surface area (Å²) in [6, 6.07) is 1.84. The highest BCUT2D eigenvalue weighted by molar-refractivity contribution is 14.0. The first-order valence-electron chi connectivity index (χ1n) is 7.62. The minimum Gasteiger partial charge on any atom is -0.370 e. The lowest BCUT2D eigenvalue weighted by Crippen LogP contribution is -2.51. The Balaban J connectivity index is 0.00000176. The molecule has 0 radical (unpaired) electrons. The van der Waals surface area contributed by atoms with Gasteiger partial charge in [0, 0.05) is 45.1 Å². The molecule has 2 N–H and O–H groups in total. The van der Waals surface area contributed by atoms with Gasteiger partial charge in [0.1, 0.15) is 0 Å². The van der Waals surface area contributed by atoms with Crippen LogP contribution in [0.5, 0.6) is 0 Å². The molecule has 0 unspecified atom stereocenters. The zero-order valence-electron chi connectivity index (χ0n) is 12.8. The van der Waals surface area contributed by atoms with Crippen LogP contribution in [0.15, 0.2) is 23.5 Å². The molecule has 22 heavy (non-hydrogen) atoms. The van der Waals surface area contributed by atoms with Crippen LogP contribution in [-0.4, -0.2) is 78.1 Å². The number of rotatable bonds is 4. The van der Waals surface area contributed by atoms with E-state index in [0.717, 1.165) is 45.2 Å². The van der Waals surface area contributed by atoms with Gasteiger partial charge in [-0.05, 0) is 25.6 Å².